The molecule has 0 amide bonds. The molecule has 0 radical (unpaired) electrons. The van der Waals surface area contributed by atoms with Crippen LogP contribution in [0.3, 0.4) is 0 Å². The van der Waals surface area contributed by atoms with Crippen molar-refractivity contribution in [3.8, 4) is 11.5 Å². The smallest absolute Gasteiger partial charge is 0.337 e. The first kappa shape index (κ1) is 14.1. The van der Waals surface area contributed by atoms with Gasteiger partial charge in [-0.2, -0.15) is 9.36 Å². The number of aryl methyl sites for hydroxylation is 1. The normalized spacial score (nSPS) is 10.4. The van der Waals surface area contributed by atoms with E-state index in [4.69, 9.17) is 5.11 Å². The van der Waals surface area contributed by atoms with E-state index in [0.29, 0.717) is 16.6 Å². The van der Waals surface area contributed by atoms with Gasteiger partial charge in [-0.25, -0.2) is 9.78 Å². The number of aromatic nitrogens is 4. The van der Waals surface area contributed by atoms with Crippen molar-refractivity contribution in [3.05, 3.63) is 47.8 Å². The molecule has 7 nitrogen and oxygen atoms in total. The molecule has 22 heavy (non-hydrogen) atoms. The highest BCUT2D eigenvalue weighted by Crippen LogP contribution is 2.23. The van der Waals surface area contributed by atoms with E-state index in [1.807, 2.05) is 19.1 Å². The van der Waals surface area contributed by atoms with Gasteiger partial charge in [0.1, 0.15) is 11.5 Å². The summed E-state index contributed by atoms with van der Waals surface area (Å²) >= 11 is 1.19. The van der Waals surface area contributed by atoms with E-state index in [-0.39, 0.29) is 5.56 Å². The van der Waals surface area contributed by atoms with Crippen LogP contribution in [0.15, 0.2) is 36.7 Å². The number of hydrogen-bond donors (Lipinski definition) is 2. The zero-order chi connectivity index (χ0) is 15.5. The zero-order valence-electron chi connectivity index (χ0n) is 11.5. The lowest BCUT2D eigenvalue weighted by Crippen LogP contribution is -1.98. The maximum absolute atomic E-state index is 10.8. The van der Waals surface area contributed by atoms with Crippen LogP contribution in [0.1, 0.15) is 15.9 Å². The number of anilines is 2. The van der Waals surface area contributed by atoms with Crippen LogP contribution in [0.5, 0.6) is 0 Å². The molecule has 0 fully saturated rings. The summed E-state index contributed by atoms with van der Waals surface area (Å²) in [6.07, 6.45) is 2.98. The van der Waals surface area contributed by atoms with Crippen LogP contribution in [0.2, 0.25) is 0 Å². The molecular weight excluding hydrogens is 302 g/mol. The summed E-state index contributed by atoms with van der Waals surface area (Å²) in [5, 5.41) is 12.6. The van der Waals surface area contributed by atoms with Gasteiger partial charge in [0.2, 0.25) is 5.13 Å². The van der Waals surface area contributed by atoms with E-state index in [1.54, 1.807) is 12.3 Å². The van der Waals surface area contributed by atoms with Crippen molar-refractivity contribution in [2.75, 3.05) is 5.32 Å². The molecule has 3 heterocycles. The second-order valence-corrected chi connectivity index (χ2v) is 5.21. The minimum Gasteiger partial charge on any atom is -0.478 e. The third kappa shape index (κ3) is 2.91. The third-order valence-corrected chi connectivity index (χ3v) is 3.53. The van der Waals surface area contributed by atoms with Crippen LogP contribution in [-0.2, 0) is 0 Å². The first-order valence-electron chi connectivity index (χ1n) is 6.35. The van der Waals surface area contributed by atoms with Gasteiger partial charge in [-0.05, 0) is 30.7 Å². The molecule has 0 aliphatic heterocycles. The Bertz CT molecular complexity index is 816. The number of nitrogens with one attached hydrogen (secondary N) is 1. The summed E-state index contributed by atoms with van der Waals surface area (Å²) in [6.45, 7) is 1.95. The predicted octanol–water partition coefficient (Wildman–Crippen LogP) is 2.75. The molecule has 0 aliphatic carbocycles. The molecule has 0 unspecified atom stereocenters. The fourth-order valence-electron chi connectivity index (χ4n) is 1.75. The summed E-state index contributed by atoms with van der Waals surface area (Å²) in [4.78, 5) is 23.4. The standard InChI is InChI=1S/C14H11N5O2S/c1-8-3-2-6-15-11(8)17-14-18-12(19-22-14)10-5-4-9(7-16-10)13(20)21/h2-7H,1H3,(H,20,21)(H,15,17,18,19). The van der Waals surface area contributed by atoms with Crippen molar-refractivity contribution in [1.29, 1.82) is 0 Å². The lowest BCUT2D eigenvalue weighted by atomic mass is 10.2. The van der Waals surface area contributed by atoms with Crippen molar-refractivity contribution in [2.24, 2.45) is 0 Å². The molecule has 8 heteroatoms. The Balaban J connectivity index is 1.81. The molecule has 0 saturated heterocycles. The van der Waals surface area contributed by atoms with Crippen molar-refractivity contribution in [1.82, 2.24) is 19.3 Å². The molecule has 0 bridgehead atoms. The fraction of sp³-hybridized carbons (Fsp3) is 0.0714. The SMILES string of the molecule is Cc1cccnc1Nc1nc(-c2ccc(C(=O)O)cn2)ns1. The Hall–Kier alpha value is -2.87. The van der Waals surface area contributed by atoms with E-state index >= 15 is 0 Å². The van der Waals surface area contributed by atoms with Crippen molar-refractivity contribution in [2.45, 2.75) is 6.92 Å². The molecule has 0 aromatic carbocycles. The number of carboxylic acids is 1. The van der Waals surface area contributed by atoms with Gasteiger partial charge < -0.3 is 10.4 Å². The summed E-state index contributed by atoms with van der Waals surface area (Å²) in [5.74, 6) is 0.149. The molecule has 2 N–H and O–H groups in total. The van der Waals surface area contributed by atoms with Gasteiger partial charge in [-0.15, -0.1) is 0 Å². The number of aromatic carboxylic acids is 1. The second kappa shape index (κ2) is 5.86. The first-order valence-corrected chi connectivity index (χ1v) is 7.13. The maximum Gasteiger partial charge on any atom is 0.337 e. The largest absolute Gasteiger partial charge is 0.478 e. The first-order chi connectivity index (χ1) is 10.6. The average Bonchev–Trinajstić information content (AvgIpc) is 2.98. The Morgan fingerprint density at radius 2 is 2.14 bits per heavy atom. The van der Waals surface area contributed by atoms with Gasteiger partial charge in [0.05, 0.1) is 5.56 Å². The van der Waals surface area contributed by atoms with Crippen molar-refractivity contribution in [3.63, 3.8) is 0 Å². The minimum atomic E-state index is -1.02. The van der Waals surface area contributed by atoms with E-state index in [1.165, 1.54) is 23.8 Å². The molecule has 110 valence electrons. The number of carbonyl (C=O) groups is 1. The topological polar surface area (TPSA) is 101 Å². The van der Waals surface area contributed by atoms with Crippen LogP contribution in [-0.4, -0.2) is 30.4 Å². The van der Waals surface area contributed by atoms with E-state index in [9.17, 15) is 4.79 Å². The van der Waals surface area contributed by atoms with Crippen LogP contribution in [0.25, 0.3) is 11.5 Å². The Kier molecular flexibility index (Phi) is 3.75. The molecule has 3 aromatic heterocycles. The molecule has 3 aromatic rings. The number of carboxylic acid groups (broad SMARTS) is 1. The predicted molar refractivity (Wildman–Crippen MR) is 82.4 cm³/mol. The summed E-state index contributed by atoms with van der Waals surface area (Å²) in [6, 6.07) is 6.87. The molecule has 0 aliphatic rings. The molecule has 3 rings (SSSR count). The van der Waals surface area contributed by atoms with Crippen LogP contribution < -0.4 is 5.32 Å². The van der Waals surface area contributed by atoms with E-state index in [0.717, 1.165) is 11.4 Å². The second-order valence-electron chi connectivity index (χ2n) is 4.45. The van der Waals surface area contributed by atoms with Crippen LogP contribution >= 0.6 is 11.5 Å². The highest BCUT2D eigenvalue weighted by molar-refractivity contribution is 7.09. The monoisotopic (exact) mass is 313 g/mol. The number of rotatable bonds is 4. The van der Waals surface area contributed by atoms with Crippen LogP contribution in [0.4, 0.5) is 10.9 Å². The summed E-state index contributed by atoms with van der Waals surface area (Å²) in [7, 11) is 0. The lowest BCUT2D eigenvalue weighted by Gasteiger charge is -2.03. The Labute approximate surface area is 129 Å². The van der Waals surface area contributed by atoms with Gasteiger partial charge in [-0.3, -0.25) is 4.98 Å². The van der Waals surface area contributed by atoms with Gasteiger partial charge >= 0.3 is 5.97 Å². The fourth-order valence-corrected chi connectivity index (χ4v) is 2.33. The van der Waals surface area contributed by atoms with Crippen molar-refractivity contribution < 1.29 is 9.90 Å². The summed E-state index contributed by atoms with van der Waals surface area (Å²) < 4.78 is 4.22. The molecule has 0 spiro atoms. The number of hydrogen-bond acceptors (Lipinski definition) is 7. The van der Waals surface area contributed by atoms with E-state index in [2.05, 4.69) is 24.6 Å². The highest BCUT2D eigenvalue weighted by Gasteiger charge is 2.10. The van der Waals surface area contributed by atoms with E-state index < -0.39 is 5.97 Å². The summed E-state index contributed by atoms with van der Waals surface area (Å²) in [5.41, 5.74) is 1.65. The third-order valence-electron chi connectivity index (χ3n) is 2.90. The lowest BCUT2D eigenvalue weighted by molar-refractivity contribution is 0.0696. The average molecular weight is 313 g/mol. The van der Waals surface area contributed by atoms with Crippen LogP contribution in [0, 0.1) is 6.92 Å². The number of pyridine rings is 2. The molecule has 0 atom stereocenters. The zero-order valence-corrected chi connectivity index (χ0v) is 12.3. The Morgan fingerprint density at radius 3 is 2.82 bits per heavy atom. The quantitative estimate of drug-likeness (QED) is 0.763. The molecular formula is C14H11N5O2S. The highest BCUT2D eigenvalue weighted by atomic mass is 32.1. The maximum atomic E-state index is 10.8. The van der Waals surface area contributed by atoms with Crippen molar-refractivity contribution >= 4 is 28.5 Å². The van der Waals surface area contributed by atoms with Gasteiger partial charge in [-0.1, -0.05) is 6.07 Å². The van der Waals surface area contributed by atoms with Gasteiger partial charge in [0.25, 0.3) is 0 Å². The minimum absolute atomic E-state index is 0.126. The number of nitrogens with zero attached hydrogens (tertiary/aromatic N) is 4. The molecule has 0 saturated carbocycles. The van der Waals surface area contributed by atoms with Gasteiger partial charge in [0.15, 0.2) is 5.82 Å². The Morgan fingerprint density at radius 1 is 1.27 bits per heavy atom. The van der Waals surface area contributed by atoms with Gasteiger partial charge in [0, 0.05) is 23.9 Å².